The number of nitrogens with zero attached hydrogens (tertiary/aromatic N) is 3. The number of hydrogen-bond donors (Lipinski definition) is 0. The molecule has 1 aromatic rings. The van der Waals surface area contributed by atoms with E-state index in [1.165, 1.54) is 4.90 Å². The Morgan fingerprint density at radius 3 is 2.54 bits per heavy atom. The van der Waals surface area contributed by atoms with Gasteiger partial charge in [0.15, 0.2) is 11.5 Å². The van der Waals surface area contributed by atoms with Crippen LogP contribution in [0.5, 0.6) is 11.5 Å². The molecule has 0 N–H and O–H groups in total. The highest BCUT2D eigenvalue weighted by Gasteiger charge is 2.43. The maximum absolute atomic E-state index is 12.8. The third-order valence-electron chi connectivity index (χ3n) is 4.68. The summed E-state index contributed by atoms with van der Waals surface area (Å²) in [6.45, 7) is 2.48. The van der Waals surface area contributed by atoms with Crippen molar-refractivity contribution in [2.45, 2.75) is 12.5 Å². The molecule has 3 heterocycles. The first-order valence-corrected chi connectivity index (χ1v) is 7.87. The summed E-state index contributed by atoms with van der Waals surface area (Å²) >= 11 is 0. The highest BCUT2D eigenvalue weighted by molar-refractivity contribution is 6.22. The molecule has 24 heavy (non-hydrogen) atoms. The molecule has 0 radical (unpaired) electrons. The fourth-order valence-electron chi connectivity index (χ4n) is 3.35. The summed E-state index contributed by atoms with van der Waals surface area (Å²) in [5.41, 5.74) is 0.503. The van der Waals surface area contributed by atoms with E-state index in [-0.39, 0.29) is 25.0 Å². The molecule has 3 amide bonds. The fourth-order valence-corrected chi connectivity index (χ4v) is 3.35. The smallest absolute Gasteiger partial charge is 0.251 e. The topological polar surface area (TPSA) is 79.4 Å². The normalized spacial score (nSPS) is 23.9. The summed E-state index contributed by atoms with van der Waals surface area (Å²) in [5.74, 6) is 0.704. The van der Waals surface area contributed by atoms with Crippen molar-refractivity contribution in [3.8, 4) is 11.5 Å². The van der Waals surface area contributed by atoms with Gasteiger partial charge < -0.3 is 14.4 Å². The first kappa shape index (κ1) is 14.9. The number of carbonyl (C=O) groups excluding carboxylic acids is 3. The van der Waals surface area contributed by atoms with Crippen LogP contribution in [-0.2, 0) is 14.4 Å². The molecule has 0 unspecified atom stereocenters. The van der Waals surface area contributed by atoms with Crippen molar-refractivity contribution in [3.63, 3.8) is 0 Å². The van der Waals surface area contributed by atoms with Gasteiger partial charge in [-0.2, -0.15) is 0 Å². The predicted molar refractivity (Wildman–Crippen MR) is 82.7 cm³/mol. The summed E-state index contributed by atoms with van der Waals surface area (Å²) in [7, 11) is 0. The van der Waals surface area contributed by atoms with Crippen LogP contribution in [0.25, 0.3) is 0 Å². The van der Waals surface area contributed by atoms with E-state index in [9.17, 15) is 14.4 Å². The van der Waals surface area contributed by atoms with Gasteiger partial charge in [-0.15, -0.1) is 0 Å². The van der Waals surface area contributed by atoms with Gasteiger partial charge in [0.2, 0.25) is 19.1 Å². The van der Waals surface area contributed by atoms with Gasteiger partial charge in [-0.25, -0.2) is 4.90 Å². The van der Waals surface area contributed by atoms with Crippen molar-refractivity contribution in [1.29, 1.82) is 0 Å². The van der Waals surface area contributed by atoms with Gasteiger partial charge in [0, 0.05) is 32.2 Å². The van der Waals surface area contributed by atoms with Crippen molar-refractivity contribution in [3.05, 3.63) is 18.2 Å². The number of amides is 3. The minimum Gasteiger partial charge on any atom is -0.454 e. The first-order valence-electron chi connectivity index (χ1n) is 7.87. The average Bonchev–Trinajstić information content (AvgIpc) is 3.18. The lowest BCUT2D eigenvalue weighted by Crippen LogP contribution is -2.52. The molecule has 0 saturated carbocycles. The number of rotatable bonds is 3. The number of hydrogen-bond acceptors (Lipinski definition) is 6. The lowest BCUT2D eigenvalue weighted by Gasteiger charge is -2.35. The predicted octanol–water partition coefficient (Wildman–Crippen LogP) is -0.179. The Hall–Kier alpha value is -2.61. The SMILES string of the molecule is O=CN1CCN([C@H]2CC(=O)N(c3ccc4c(c3)OCO4)C2=O)CC1. The summed E-state index contributed by atoms with van der Waals surface area (Å²) in [4.78, 5) is 40.8. The van der Waals surface area contributed by atoms with Crippen molar-refractivity contribution in [2.24, 2.45) is 0 Å². The number of anilines is 1. The van der Waals surface area contributed by atoms with Gasteiger partial charge in [-0.05, 0) is 12.1 Å². The van der Waals surface area contributed by atoms with Crippen molar-refractivity contribution in [2.75, 3.05) is 37.9 Å². The molecule has 2 saturated heterocycles. The number of benzene rings is 1. The van der Waals surface area contributed by atoms with Crippen LogP contribution in [0.4, 0.5) is 5.69 Å². The average molecular weight is 331 g/mol. The van der Waals surface area contributed by atoms with Crippen LogP contribution >= 0.6 is 0 Å². The van der Waals surface area contributed by atoms with E-state index in [1.807, 2.05) is 4.90 Å². The second-order valence-electron chi connectivity index (χ2n) is 6.00. The van der Waals surface area contributed by atoms with Crippen molar-refractivity contribution >= 4 is 23.9 Å². The Bertz CT molecular complexity index is 699. The zero-order chi connectivity index (χ0) is 16.7. The maximum atomic E-state index is 12.8. The Kier molecular flexibility index (Phi) is 3.61. The number of carbonyl (C=O) groups is 3. The number of ether oxygens (including phenoxy) is 2. The van der Waals surface area contributed by atoms with Gasteiger partial charge in [0.1, 0.15) is 0 Å². The van der Waals surface area contributed by atoms with Crippen molar-refractivity contribution in [1.82, 2.24) is 9.80 Å². The lowest BCUT2D eigenvalue weighted by molar-refractivity contribution is -0.124. The Morgan fingerprint density at radius 2 is 1.79 bits per heavy atom. The van der Waals surface area contributed by atoms with Crippen LogP contribution in [0.1, 0.15) is 6.42 Å². The zero-order valence-electron chi connectivity index (χ0n) is 13.0. The third-order valence-corrected chi connectivity index (χ3v) is 4.68. The monoisotopic (exact) mass is 331 g/mol. The van der Waals surface area contributed by atoms with Crippen LogP contribution in [-0.4, -0.2) is 67.0 Å². The largest absolute Gasteiger partial charge is 0.454 e. The van der Waals surface area contributed by atoms with Gasteiger partial charge >= 0.3 is 0 Å². The molecule has 0 spiro atoms. The Labute approximate surface area is 138 Å². The van der Waals surface area contributed by atoms with Crippen LogP contribution in [0.3, 0.4) is 0 Å². The summed E-state index contributed by atoms with van der Waals surface area (Å²) in [5, 5.41) is 0. The molecule has 0 aliphatic carbocycles. The molecule has 4 rings (SSSR count). The Balaban J connectivity index is 1.53. The number of piperazine rings is 1. The molecule has 0 bridgehead atoms. The molecular weight excluding hydrogens is 314 g/mol. The van der Waals surface area contributed by atoms with Crippen LogP contribution in [0.15, 0.2) is 18.2 Å². The Morgan fingerprint density at radius 1 is 1.04 bits per heavy atom. The molecule has 3 aliphatic heterocycles. The molecular formula is C16H17N3O5. The summed E-state index contributed by atoms with van der Waals surface area (Å²) in [6.07, 6.45) is 0.978. The quantitative estimate of drug-likeness (QED) is 0.565. The standard InChI is InChI=1S/C16H17N3O5/c20-9-17-3-5-18(6-4-17)12-8-15(21)19(16(12)22)11-1-2-13-14(7-11)24-10-23-13/h1-2,7,9,12H,3-6,8,10H2/t12-/m0/s1. The van der Waals surface area contributed by atoms with Gasteiger partial charge in [-0.3, -0.25) is 19.3 Å². The van der Waals surface area contributed by atoms with E-state index in [1.54, 1.807) is 23.1 Å². The number of fused-ring (bicyclic) bond motifs is 1. The maximum Gasteiger partial charge on any atom is 0.251 e. The van der Waals surface area contributed by atoms with Crippen LogP contribution in [0.2, 0.25) is 0 Å². The van der Waals surface area contributed by atoms with Crippen LogP contribution in [0, 0.1) is 0 Å². The third kappa shape index (κ3) is 2.39. The minimum absolute atomic E-state index is 0.143. The van der Waals surface area contributed by atoms with E-state index in [2.05, 4.69) is 0 Å². The summed E-state index contributed by atoms with van der Waals surface area (Å²) in [6, 6.07) is 4.59. The molecule has 8 heteroatoms. The summed E-state index contributed by atoms with van der Waals surface area (Å²) < 4.78 is 10.6. The molecule has 0 aromatic heterocycles. The second-order valence-corrected chi connectivity index (χ2v) is 6.00. The zero-order valence-corrected chi connectivity index (χ0v) is 13.0. The first-order chi connectivity index (χ1) is 11.7. The van der Waals surface area contributed by atoms with Crippen molar-refractivity contribution < 1.29 is 23.9 Å². The van der Waals surface area contributed by atoms with Gasteiger partial charge in [0.25, 0.3) is 5.91 Å². The van der Waals surface area contributed by atoms with Gasteiger partial charge in [-0.1, -0.05) is 0 Å². The second kappa shape index (κ2) is 5.79. The molecule has 3 aliphatic rings. The molecule has 2 fully saturated rings. The van der Waals surface area contributed by atoms with E-state index in [0.717, 1.165) is 6.41 Å². The van der Waals surface area contributed by atoms with E-state index in [4.69, 9.17) is 9.47 Å². The molecule has 8 nitrogen and oxygen atoms in total. The number of imide groups is 1. The molecule has 126 valence electrons. The highest BCUT2D eigenvalue weighted by Crippen LogP contribution is 2.37. The lowest BCUT2D eigenvalue weighted by atomic mass is 10.2. The highest BCUT2D eigenvalue weighted by atomic mass is 16.7. The molecule has 1 aromatic carbocycles. The van der Waals surface area contributed by atoms with E-state index >= 15 is 0 Å². The van der Waals surface area contributed by atoms with Gasteiger partial charge in [0.05, 0.1) is 18.2 Å². The fraction of sp³-hybridized carbons (Fsp3) is 0.438. The van der Waals surface area contributed by atoms with Crippen LogP contribution < -0.4 is 14.4 Å². The van der Waals surface area contributed by atoms with E-state index < -0.39 is 6.04 Å². The molecule has 1 atom stereocenters. The minimum atomic E-state index is -0.461. The van der Waals surface area contributed by atoms with E-state index in [0.29, 0.717) is 43.4 Å².